The molecule has 0 bridgehead atoms. The summed E-state index contributed by atoms with van der Waals surface area (Å²) in [5.74, 6) is 0.918. The molecule has 0 aliphatic rings. The van der Waals surface area contributed by atoms with E-state index in [2.05, 4.69) is 29.1 Å². The molecule has 2 N–H and O–H groups in total. The van der Waals surface area contributed by atoms with Gasteiger partial charge in [-0.3, -0.25) is 0 Å². The lowest BCUT2D eigenvalue weighted by atomic mass is 10.1. The number of aromatic nitrogens is 2. The van der Waals surface area contributed by atoms with E-state index < -0.39 is 0 Å². The molecule has 0 amide bonds. The first-order valence-corrected chi connectivity index (χ1v) is 6.54. The SMILES string of the molecule is CC(NC(C)c1ncc[nH]1)c1ccc(Cl)c(Cl)c1. The fourth-order valence-electron chi connectivity index (χ4n) is 1.85. The van der Waals surface area contributed by atoms with E-state index in [4.69, 9.17) is 23.2 Å². The van der Waals surface area contributed by atoms with E-state index in [9.17, 15) is 0 Å². The van der Waals surface area contributed by atoms with E-state index in [1.165, 1.54) is 0 Å². The van der Waals surface area contributed by atoms with Crippen LogP contribution in [0.3, 0.4) is 0 Å². The number of aromatic amines is 1. The first-order chi connectivity index (χ1) is 8.58. The Morgan fingerprint density at radius 1 is 1.17 bits per heavy atom. The van der Waals surface area contributed by atoms with Crippen LogP contribution in [0.5, 0.6) is 0 Å². The van der Waals surface area contributed by atoms with Crippen molar-refractivity contribution in [3.8, 4) is 0 Å². The summed E-state index contributed by atoms with van der Waals surface area (Å²) < 4.78 is 0. The van der Waals surface area contributed by atoms with Crippen LogP contribution >= 0.6 is 23.2 Å². The van der Waals surface area contributed by atoms with Crippen molar-refractivity contribution in [2.45, 2.75) is 25.9 Å². The molecule has 2 aromatic rings. The van der Waals surface area contributed by atoms with Crippen molar-refractivity contribution in [3.63, 3.8) is 0 Å². The zero-order valence-corrected chi connectivity index (χ0v) is 11.8. The van der Waals surface area contributed by atoms with Crippen LogP contribution in [0.15, 0.2) is 30.6 Å². The molecule has 1 heterocycles. The Morgan fingerprint density at radius 2 is 1.94 bits per heavy atom. The Hall–Kier alpha value is -1.03. The smallest absolute Gasteiger partial charge is 0.122 e. The number of H-pyrrole nitrogens is 1. The quantitative estimate of drug-likeness (QED) is 0.886. The topological polar surface area (TPSA) is 40.7 Å². The number of nitrogens with one attached hydrogen (secondary N) is 2. The van der Waals surface area contributed by atoms with Crippen LogP contribution < -0.4 is 5.32 Å². The van der Waals surface area contributed by atoms with E-state index >= 15 is 0 Å². The van der Waals surface area contributed by atoms with Gasteiger partial charge in [0.25, 0.3) is 0 Å². The summed E-state index contributed by atoms with van der Waals surface area (Å²) in [5.41, 5.74) is 1.10. The monoisotopic (exact) mass is 283 g/mol. The molecule has 0 spiro atoms. The van der Waals surface area contributed by atoms with E-state index in [1.54, 1.807) is 6.20 Å². The van der Waals surface area contributed by atoms with Gasteiger partial charge in [-0.05, 0) is 31.5 Å². The summed E-state index contributed by atoms with van der Waals surface area (Å²) in [6.45, 7) is 4.14. The fourth-order valence-corrected chi connectivity index (χ4v) is 2.15. The number of benzene rings is 1. The normalized spacial score (nSPS) is 14.4. The highest BCUT2D eigenvalue weighted by Crippen LogP contribution is 2.26. The maximum absolute atomic E-state index is 6.02. The minimum Gasteiger partial charge on any atom is -0.347 e. The summed E-state index contributed by atoms with van der Waals surface area (Å²) >= 11 is 11.9. The summed E-state index contributed by atoms with van der Waals surface area (Å²) in [6.07, 6.45) is 3.56. The molecule has 2 unspecified atom stereocenters. The Balaban J connectivity index is 2.07. The molecular weight excluding hydrogens is 269 g/mol. The highest BCUT2D eigenvalue weighted by molar-refractivity contribution is 6.42. The van der Waals surface area contributed by atoms with Crippen molar-refractivity contribution >= 4 is 23.2 Å². The lowest BCUT2D eigenvalue weighted by Crippen LogP contribution is -2.23. The van der Waals surface area contributed by atoms with Crippen molar-refractivity contribution in [3.05, 3.63) is 52.0 Å². The Morgan fingerprint density at radius 3 is 2.56 bits per heavy atom. The predicted octanol–water partition coefficient (Wildman–Crippen LogP) is 4.13. The minimum absolute atomic E-state index is 0.143. The van der Waals surface area contributed by atoms with Gasteiger partial charge in [-0.25, -0.2) is 4.98 Å². The van der Waals surface area contributed by atoms with Crippen molar-refractivity contribution < 1.29 is 0 Å². The van der Waals surface area contributed by atoms with Gasteiger partial charge < -0.3 is 10.3 Å². The standard InChI is InChI=1S/C13H15Cl2N3/c1-8(10-3-4-11(14)12(15)7-10)18-9(2)13-16-5-6-17-13/h3-9,18H,1-2H3,(H,16,17). The van der Waals surface area contributed by atoms with Gasteiger partial charge in [0.1, 0.15) is 5.82 Å². The van der Waals surface area contributed by atoms with Crippen LogP contribution in [0.4, 0.5) is 0 Å². The van der Waals surface area contributed by atoms with Crippen LogP contribution in [-0.4, -0.2) is 9.97 Å². The van der Waals surface area contributed by atoms with Gasteiger partial charge in [0.2, 0.25) is 0 Å². The second-order valence-corrected chi connectivity index (χ2v) is 5.07. The highest BCUT2D eigenvalue weighted by atomic mass is 35.5. The van der Waals surface area contributed by atoms with Gasteiger partial charge >= 0.3 is 0 Å². The molecule has 0 saturated carbocycles. The van der Waals surface area contributed by atoms with Crippen LogP contribution in [0.2, 0.25) is 10.0 Å². The molecule has 5 heteroatoms. The lowest BCUT2D eigenvalue weighted by molar-refractivity contribution is 0.479. The summed E-state index contributed by atoms with van der Waals surface area (Å²) in [4.78, 5) is 7.32. The Kier molecular flexibility index (Phi) is 4.27. The molecule has 2 rings (SSSR count). The predicted molar refractivity (Wildman–Crippen MR) is 75.0 cm³/mol. The molecule has 1 aromatic heterocycles. The molecule has 18 heavy (non-hydrogen) atoms. The lowest BCUT2D eigenvalue weighted by Gasteiger charge is -2.19. The van der Waals surface area contributed by atoms with Crippen molar-refractivity contribution in [1.29, 1.82) is 0 Å². The van der Waals surface area contributed by atoms with Crippen molar-refractivity contribution in [1.82, 2.24) is 15.3 Å². The van der Waals surface area contributed by atoms with E-state index in [0.717, 1.165) is 11.4 Å². The molecule has 0 saturated heterocycles. The molecule has 1 aromatic carbocycles. The summed E-state index contributed by atoms with van der Waals surface area (Å²) in [7, 11) is 0. The van der Waals surface area contributed by atoms with Gasteiger partial charge in [0.15, 0.2) is 0 Å². The number of nitrogens with zero attached hydrogens (tertiary/aromatic N) is 1. The van der Waals surface area contributed by atoms with Crippen LogP contribution in [-0.2, 0) is 0 Å². The first-order valence-electron chi connectivity index (χ1n) is 5.78. The van der Waals surface area contributed by atoms with Gasteiger partial charge in [-0.15, -0.1) is 0 Å². The number of rotatable bonds is 4. The highest BCUT2D eigenvalue weighted by Gasteiger charge is 2.13. The molecule has 0 aliphatic heterocycles. The summed E-state index contributed by atoms with van der Waals surface area (Å²) in [5, 5.41) is 4.60. The number of hydrogen-bond acceptors (Lipinski definition) is 2. The second kappa shape index (κ2) is 5.74. The third-order valence-electron chi connectivity index (χ3n) is 2.87. The molecular formula is C13H15Cl2N3. The zero-order chi connectivity index (χ0) is 13.1. The van der Waals surface area contributed by atoms with Crippen LogP contribution in [0.1, 0.15) is 37.3 Å². The van der Waals surface area contributed by atoms with Crippen molar-refractivity contribution in [2.24, 2.45) is 0 Å². The molecule has 96 valence electrons. The molecule has 0 aliphatic carbocycles. The maximum atomic E-state index is 6.02. The Bertz CT molecular complexity index is 511. The molecule has 2 atom stereocenters. The second-order valence-electron chi connectivity index (χ2n) is 4.26. The average Bonchev–Trinajstić information content (AvgIpc) is 2.86. The minimum atomic E-state index is 0.143. The molecule has 0 radical (unpaired) electrons. The van der Waals surface area contributed by atoms with E-state index in [0.29, 0.717) is 10.0 Å². The zero-order valence-electron chi connectivity index (χ0n) is 10.2. The molecule has 0 fully saturated rings. The molecule has 3 nitrogen and oxygen atoms in total. The van der Waals surface area contributed by atoms with Gasteiger partial charge in [0, 0.05) is 18.4 Å². The fraction of sp³-hybridized carbons (Fsp3) is 0.308. The average molecular weight is 284 g/mol. The Labute approximate surface area is 117 Å². The van der Waals surface area contributed by atoms with E-state index in [1.807, 2.05) is 24.4 Å². The van der Waals surface area contributed by atoms with Gasteiger partial charge in [0.05, 0.1) is 16.1 Å². The third kappa shape index (κ3) is 3.05. The van der Waals surface area contributed by atoms with E-state index in [-0.39, 0.29) is 12.1 Å². The first kappa shape index (κ1) is 13.4. The van der Waals surface area contributed by atoms with Crippen LogP contribution in [0, 0.1) is 0 Å². The van der Waals surface area contributed by atoms with Gasteiger partial charge in [-0.2, -0.15) is 0 Å². The summed E-state index contributed by atoms with van der Waals surface area (Å²) in [6, 6.07) is 5.98. The van der Waals surface area contributed by atoms with Gasteiger partial charge in [-0.1, -0.05) is 29.3 Å². The number of imidazole rings is 1. The number of hydrogen-bond donors (Lipinski definition) is 2. The third-order valence-corrected chi connectivity index (χ3v) is 3.61. The largest absolute Gasteiger partial charge is 0.347 e. The van der Waals surface area contributed by atoms with Crippen molar-refractivity contribution in [2.75, 3.05) is 0 Å². The van der Waals surface area contributed by atoms with Crippen LogP contribution in [0.25, 0.3) is 0 Å². The maximum Gasteiger partial charge on any atom is 0.122 e. The number of halogens is 2.